The molecule has 4 aromatic rings. The molecule has 0 spiro atoms. The number of anilines is 1. The summed E-state index contributed by atoms with van der Waals surface area (Å²) in [7, 11) is 0. The van der Waals surface area contributed by atoms with Crippen molar-refractivity contribution in [1.29, 1.82) is 0 Å². The standard InChI is InChI=1S/C20H12ClF3N4O2S/c1-10(29)11-4-6-12(7-5-11)25-19(30)17-16(21)18-26-13(14-3-2-8-31-14)9-15(20(22,23)24)28(18)27-17/h2-9H,1H3,(H,25,30). The van der Waals surface area contributed by atoms with Crippen LogP contribution in [0.3, 0.4) is 0 Å². The highest BCUT2D eigenvalue weighted by molar-refractivity contribution is 7.13. The summed E-state index contributed by atoms with van der Waals surface area (Å²) >= 11 is 7.45. The maximum absolute atomic E-state index is 13.7. The van der Waals surface area contributed by atoms with Gasteiger partial charge in [-0.25, -0.2) is 9.50 Å². The minimum absolute atomic E-state index is 0.0726. The first-order valence-electron chi connectivity index (χ1n) is 8.78. The number of hydrogen-bond acceptors (Lipinski definition) is 5. The first kappa shape index (κ1) is 21.0. The van der Waals surface area contributed by atoms with Gasteiger partial charge in [-0.3, -0.25) is 9.59 Å². The molecule has 4 rings (SSSR count). The van der Waals surface area contributed by atoms with E-state index in [0.29, 0.717) is 20.6 Å². The number of fused-ring (bicyclic) bond motifs is 1. The number of benzene rings is 1. The van der Waals surface area contributed by atoms with Crippen molar-refractivity contribution in [3.8, 4) is 10.6 Å². The van der Waals surface area contributed by atoms with Crippen LogP contribution in [-0.4, -0.2) is 26.3 Å². The lowest BCUT2D eigenvalue weighted by Crippen LogP contribution is -2.15. The molecule has 0 bridgehead atoms. The molecule has 1 amide bonds. The van der Waals surface area contributed by atoms with E-state index in [9.17, 15) is 22.8 Å². The van der Waals surface area contributed by atoms with Gasteiger partial charge in [0.2, 0.25) is 0 Å². The smallest absolute Gasteiger partial charge is 0.321 e. The molecular weight excluding hydrogens is 453 g/mol. The number of carbonyl (C=O) groups excluding carboxylic acids is 2. The van der Waals surface area contributed by atoms with Crippen LogP contribution in [0.2, 0.25) is 5.02 Å². The molecule has 0 aliphatic rings. The van der Waals surface area contributed by atoms with Gasteiger partial charge in [-0.05, 0) is 48.7 Å². The zero-order chi connectivity index (χ0) is 22.3. The molecule has 1 aromatic carbocycles. The summed E-state index contributed by atoms with van der Waals surface area (Å²) in [4.78, 5) is 28.7. The quantitative estimate of drug-likeness (QED) is 0.400. The number of nitrogens with zero attached hydrogens (tertiary/aromatic N) is 3. The van der Waals surface area contributed by atoms with Crippen molar-refractivity contribution in [2.45, 2.75) is 13.1 Å². The summed E-state index contributed by atoms with van der Waals surface area (Å²) in [5.74, 6) is -0.953. The van der Waals surface area contributed by atoms with E-state index in [1.54, 1.807) is 17.5 Å². The molecule has 1 N–H and O–H groups in total. The van der Waals surface area contributed by atoms with E-state index in [-0.39, 0.29) is 22.1 Å². The lowest BCUT2D eigenvalue weighted by atomic mass is 10.1. The van der Waals surface area contributed by atoms with Crippen LogP contribution >= 0.6 is 22.9 Å². The molecule has 0 atom stereocenters. The van der Waals surface area contributed by atoms with Crippen LogP contribution in [0.4, 0.5) is 18.9 Å². The van der Waals surface area contributed by atoms with Crippen LogP contribution in [0.1, 0.15) is 33.5 Å². The van der Waals surface area contributed by atoms with E-state index in [1.807, 2.05) is 0 Å². The van der Waals surface area contributed by atoms with Gasteiger partial charge < -0.3 is 5.32 Å². The molecule has 3 aromatic heterocycles. The number of Topliss-reactive ketones (excluding diaryl/α,β-unsaturated/α-hetero) is 1. The van der Waals surface area contributed by atoms with Gasteiger partial charge in [0.1, 0.15) is 5.02 Å². The third kappa shape index (κ3) is 4.04. The van der Waals surface area contributed by atoms with Crippen molar-refractivity contribution in [3.05, 3.63) is 69.8 Å². The molecule has 0 fully saturated rings. The molecule has 3 heterocycles. The fraction of sp³-hybridized carbons (Fsp3) is 0.100. The van der Waals surface area contributed by atoms with Crippen molar-refractivity contribution >= 4 is 46.0 Å². The fourth-order valence-corrected chi connectivity index (χ4v) is 3.80. The second-order valence-electron chi connectivity index (χ2n) is 6.49. The van der Waals surface area contributed by atoms with Crippen molar-refractivity contribution in [3.63, 3.8) is 0 Å². The molecule has 158 valence electrons. The fourth-order valence-electron chi connectivity index (χ4n) is 2.87. The average Bonchev–Trinajstić information content (AvgIpc) is 3.35. The molecule has 11 heteroatoms. The van der Waals surface area contributed by atoms with Gasteiger partial charge in [0.05, 0.1) is 10.6 Å². The number of rotatable bonds is 4. The van der Waals surface area contributed by atoms with E-state index in [0.717, 1.165) is 6.07 Å². The minimum atomic E-state index is -4.75. The number of halogens is 4. The van der Waals surface area contributed by atoms with Gasteiger partial charge in [-0.2, -0.15) is 18.3 Å². The first-order valence-corrected chi connectivity index (χ1v) is 10.0. The van der Waals surface area contributed by atoms with Crippen molar-refractivity contribution < 1.29 is 22.8 Å². The molecule has 0 aliphatic heterocycles. The topological polar surface area (TPSA) is 76.4 Å². The number of alkyl halides is 3. The van der Waals surface area contributed by atoms with Gasteiger partial charge in [0.15, 0.2) is 22.8 Å². The third-order valence-electron chi connectivity index (χ3n) is 4.36. The average molecular weight is 465 g/mol. The van der Waals surface area contributed by atoms with Gasteiger partial charge in [-0.15, -0.1) is 11.3 Å². The first-order chi connectivity index (χ1) is 14.6. The number of hydrogen-bond donors (Lipinski definition) is 1. The number of aromatic nitrogens is 3. The van der Waals surface area contributed by atoms with Crippen LogP contribution in [0.15, 0.2) is 47.8 Å². The predicted molar refractivity (Wildman–Crippen MR) is 111 cm³/mol. The van der Waals surface area contributed by atoms with Crippen LogP contribution in [0, 0.1) is 0 Å². The van der Waals surface area contributed by atoms with Gasteiger partial charge in [0.25, 0.3) is 5.91 Å². The van der Waals surface area contributed by atoms with Gasteiger partial charge >= 0.3 is 6.18 Å². The molecule has 0 radical (unpaired) electrons. The zero-order valence-electron chi connectivity index (χ0n) is 15.7. The van der Waals surface area contributed by atoms with E-state index >= 15 is 0 Å². The Morgan fingerprint density at radius 2 is 1.87 bits per heavy atom. The van der Waals surface area contributed by atoms with Crippen LogP contribution in [0.25, 0.3) is 16.2 Å². The van der Waals surface area contributed by atoms with Gasteiger partial charge in [0, 0.05) is 11.3 Å². The largest absolute Gasteiger partial charge is 0.433 e. The monoisotopic (exact) mass is 464 g/mol. The number of nitrogens with one attached hydrogen (secondary N) is 1. The van der Waals surface area contributed by atoms with E-state index in [1.165, 1.54) is 42.5 Å². The highest BCUT2D eigenvalue weighted by atomic mass is 35.5. The van der Waals surface area contributed by atoms with Gasteiger partial charge in [-0.1, -0.05) is 17.7 Å². The molecule has 0 saturated carbocycles. The van der Waals surface area contributed by atoms with Crippen molar-refractivity contribution in [2.75, 3.05) is 5.32 Å². The summed E-state index contributed by atoms with van der Waals surface area (Å²) in [6.45, 7) is 1.40. The van der Waals surface area contributed by atoms with E-state index in [2.05, 4.69) is 15.4 Å². The summed E-state index contributed by atoms with van der Waals surface area (Å²) in [5.41, 5.74) is -0.943. The lowest BCUT2D eigenvalue weighted by Gasteiger charge is -2.10. The summed E-state index contributed by atoms with van der Waals surface area (Å²) in [5, 5.41) is 7.70. The maximum atomic E-state index is 13.7. The summed E-state index contributed by atoms with van der Waals surface area (Å²) < 4.78 is 41.5. The Hall–Kier alpha value is -3.24. The van der Waals surface area contributed by atoms with Crippen LogP contribution in [-0.2, 0) is 6.18 Å². The van der Waals surface area contributed by atoms with Crippen molar-refractivity contribution in [1.82, 2.24) is 14.6 Å². The second-order valence-corrected chi connectivity index (χ2v) is 7.81. The van der Waals surface area contributed by atoms with Crippen LogP contribution in [0.5, 0.6) is 0 Å². The highest BCUT2D eigenvalue weighted by Crippen LogP contribution is 2.35. The van der Waals surface area contributed by atoms with E-state index in [4.69, 9.17) is 11.6 Å². The molecular formula is C20H12ClF3N4O2S. The number of amides is 1. The summed E-state index contributed by atoms with van der Waals surface area (Å²) in [6, 6.07) is 10.2. The Morgan fingerprint density at radius 3 is 2.45 bits per heavy atom. The zero-order valence-corrected chi connectivity index (χ0v) is 17.3. The summed E-state index contributed by atoms with van der Waals surface area (Å²) in [6.07, 6.45) is -4.75. The number of ketones is 1. The Balaban J connectivity index is 1.77. The predicted octanol–water partition coefficient (Wildman–Crippen LogP) is 5.58. The Labute approximate surface area is 182 Å². The minimum Gasteiger partial charge on any atom is -0.321 e. The Morgan fingerprint density at radius 1 is 1.16 bits per heavy atom. The number of thiophene rings is 1. The highest BCUT2D eigenvalue weighted by Gasteiger charge is 2.36. The molecule has 0 aliphatic carbocycles. The molecule has 6 nitrogen and oxygen atoms in total. The van der Waals surface area contributed by atoms with Crippen LogP contribution < -0.4 is 5.32 Å². The van der Waals surface area contributed by atoms with Crippen molar-refractivity contribution in [2.24, 2.45) is 0 Å². The SMILES string of the molecule is CC(=O)c1ccc(NC(=O)c2nn3c(C(F)(F)F)cc(-c4cccs4)nc3c2Cl)cc1. The number of carbonyl (C=O) groups is 2. The normalized spacial score (nSPS) is 11.6. The lowest BCUT2D eigenvalue weighted by molar-refractivity contribution is -0.142. The third-order valence-corrected chi connectivity index (χ3v) is 5.60. The Kier molecular flexibility index (Phi) is 5.28. The molecule has 0 saturated heterocycles. The second kappa shape index (κ2) is 7.78. The molecule has 31 heavy (non-hydrogen) atoms. The Bertz CT molecular complexity index is 1300. The molecule has 0 unspecified atom stereocenters. The maximum Gasteiger partial charge on any atom is 0.433 e. The van der Waals surface area contributed by atoms with E-state index < -0.39 is 23.5 Å².